The standard InChI is InChI=1S/C23H33N3O2/c1-15(2)12-20(28)25-11-7-10-17(25)22-21-18(13-23(3,4)14-19(21)27)26(24-22)16-8-5-6-9-16/h12,16-17H,5-11,13-14H2,1-4H3/t17-/m0/s1. The molecule has 3 aliphatic rings. The molecule has 0 aromatic carbocycles. The van der Waals surface area contributed by atoms with Gasteiger partial charge in [-0.2, -0.15) is 5.10 Å². The fourth-order valence-corrected chi connectivity index (χ4v) is 5.33. The van der Waals surface area contributed by atoms with Crippen LogP contribution in [-0.4, -0.2) is 32.9 Å². The predicted molar refractivity (Wildman–Crippen MR) is 109 cm³/mol. The van der Waals surface area contributed by atoms with Crippen LogP contribution in [0.2, 0.25) is 0 Å². The van der Waals surface area contributed by atoms with Crippen molar-refractivity contribution in [3.63, 3.8) is 0 Å². The van der Waals surface area contributed by atoms with E-state index in [1.165, 1.54) is 12.8 Å². The largest absolute Gasteiger partial charge is 0.330 e. The van der Waals surface area contributed by atoms with Gasteiger partial charge in [-0.1, -0.05) is 32.3 Å². The molecule has 5 heteroatoms. The first-order chi connectivity index (χ1) is 13.3. The number of Topliss-reactive ketones (excluding diaryl/α,β-unsaturated/α-hetero) is 1. The molecule has 0 bridgehead atoms. The molecule has 1 saturated carbocycles. The van der Waals surface area contributed by atoms with E-state index in [0.717, 1.165) is 61.2 Å². The number of carbonyl (C=O) groups is 2. The van der Waals surface area contributed by atoms with Gasteiger partial charge in [0.05, 0.1) is 29.0 Å². The molecule has 4 rings (SSSR count). The van der Waals surface area contributed by atoms with E-state index in [1.54, 1.807) is 6.08 Å². The van der Waals surface area contributed by atoms with Crippen molar-refractivity contribution in [1.29, 1.82) is 0 Å². The third-order valence-corrected chi connectivity index (χ3v) is 6.53. The van der Waals surface area contributed by atoms with E-state index in [2.05, 4.69) is 18.5 Å². The van der Waals surface area contributed by atoms with Crippen LogP contribution in [0.3, 0.4) is 0 Å². The zero-order valence-electron chi connectivity index (χ0n) is 17.8. The number of nitrogens with zero attached hydrogens (tertiary/aromatic N) is 3. The number of fused-ring (bicyclic) bond motifs is 1. The number of hydrogen-bond donors (Lipinski definition) is 0. The van der Waals surface area contributed by atoms with Crippen molar-refractivity contribution in [3.8, 4) is 0 Å². The number of carbonyl (C=O) groups excluding carboxylic acids is 2. The Morgan fingerprint density at radius 3 is 2.50 bits per heavy atom. The molecule has 1 saturated heterocycles. The van der Waals surface area contributed by atoms with Crippen molar-refractivity contribution in [2.24, 2.45) is 5.41 Å². The molecule has 1 aromatic heterocycles. The number of allylic oxidation sites excluding steroid dienone is 1. The number of aromatic nitrogens is 2. The Balaban J connectivity index is 1.78. The molecule has 28 heavy (non-hydrogen) atoms. The van der Waals surface area contributed by atoms with Gasteiger partial charge in [-0.15, -0.1) is 0 Å². The Bertz CT molecular complexity index is 823. The first-order valence-corrected chi connectivity index (χ1v) is 10.9. The zero-order chi connectivity index (χ0) is 20.1. The van der Waals surface area contributed by atoms with Gasteiger partial charge >= 0.3 is 0 Å². The van der Waals surface area contributed by atoms with Gasteiger partial charge in [0, 0.05) is 19.0 Å². The Hall–Kier alpha value is -1.91. The van der Waals surface area contributed by atoms with Crippen LogP contribution in [0.15, 0.2) is 11.6 Å². The molecule has 1 atom stereocenters. The summed E-state index contributed by atoms with van der Waals surface area (Å²) in [6.07, 6.45) is 9.81. The van der Waals surface area contributed by atoms with Gasteiger partial charge in [0.25, 0.3) is 0 Å². The third kappa shape index (κ3) is 3.44. The topological polar surface area (TPSA) is 55.2 Å². The molecule has 2 aliphatic carbocycles. The van der Waals surface area contributed by atoms with Gasteiger partial charge in [-0.25, -0.2) is 0 Å². The van der Waals surface area contributed by atoms with E-state index in [1.807, 2.05) is 18.7 Å². The highest BCUT2D eigenvalue weighted by atomic mass is 16.2. The van der Waals surface area contributed by atoms with Crippen molar-refractivity contribution in [1.82, 2.24) is 14.7 Å². The Labute approximate surface area is 168 Å². The van der Waals surface area contributed by atoms with Crippen molar-refractivity contribution in [3.05, 3.63) is 28.6 Å². The molecule has 1 aliphatic heterocycles. The minimum absolute atomic E-state index is 0.0228. The van der Waals surface area contributed by atoms with Crippen LogP contribution in [0.1, 0.15) is 106 Å². The monoisotopic (exact) mass is 383 g/mol. The summed E-state index contributed by atoms with van der Waals surface area (Å²) >= 11 is 0. The Kier molecular flexibility index (Phi) is 4.96. The number of hydrogen-bond acceptors (Lipinski definition) is 3. The van der Waals surface area contributed by atoms with Crippen LogP contribution in [-0.2, 0) is 11.2 Å². The molecule has 5 nitrogen and oxygen atoms in total. The maximum atomic E-state index is 13.2. The second-order valence-electron chi connectivity index (χ2n) is 9.94. The summed E-state index contributed by atoms with van der Waals surface area (Å²) < 4.78 is 2.19. The zero-order valence-corrected chi connectivity index (χ0v) is 17.8. The molecule has 0 unspecified atom stereocenters. The molecule has 1 amide bonds. The molecule has 2 fully saturated rings. The van der Waals surface area contributed by atoms with Crippen LogP contribution >= 0.6 is 0 Å². The quantitative estimate of drug-likeness (QED) is 0.706. The molecule has 0 N–H and O–H groups in total. The van der Waals surface area contributed by atoms with E-state index in [0.29, 0.717) is 12.5 Å². The molecule has 152 valence electrons. The normalized spacial score (nSPS) is 24.5. The molecular weight excluding hydrogens is 350 g/mol. The molecule has 1 aromatic rings. The minimum atomic E-state index is -0.0651. The predicted octanol–water partition coefficient (Wildman–Crippen LogP) is 4.78. The lowest BCUT2D eigenvalue weighted by atomic mass is 9.75. The summed E-state index contributed by atoms with van der Waals surface area (Å²) in [6, 6.07) is 0.345. The average molecular weight is 384 g/mol. The van der Waals surface area contributed by atoms with Gasteiger partial charge in [-0.3, -0.25) is 14.3 Å². The van der Waals surface area contributed by atoms with Gasteiger partial charge in [0.2, 0.25) is 5.91 Å². The Morgan fingerprint density at radius 1 is 1.11 bits per heavy atom. The third-order valence-electron chi connectivity index (χ3n) is 6.53. The van der Waals surface area contributed by atoms with Gasteiger partial charge in [0.1, 0.15) is 0 Å². The highest BCUT2D eigenvalue weighted by Gasteiger charge is 2.42. The molecule has 0 spiro atoms. The van der Waals surface area contributed by atoms with Gasteiger partial charge in [-0.05, 0) is 51.4 Å². The van der Waals surface area contributed by atoms with Crippen molar-refractivity contribution in [2.45, 2.75) is 91.1 Å². The maximum Gasteiger partial charge on any atom is 0.247 e. The second-order valence-corrected chi connectivity index (χ2v) is 9.94. The highest BCUT2D eigenvalue weighted by molar-refractivity contribution is 6.00. The fraction of sp³-hybridized carbons (Fsp3) is 0.696. The summed E-state index contributed by atoms with van der Waals surface area (Å²) in [5.41, 5.74) is 3.82. The highest BCUT2D eigenvalue weighted by Crippen LogP contribution is 2.43. The first kappa shape index (κ1) is 19.4. The summed E-state index contributed by atoms with van der Waals surface area (Å²) in [5, 5.41) is 5.06. The van der Waals surface area contributed by atoms with E-state index in [9.17, 15) is 9.59 Å². The summed E-state index contributed by atoms with van der Waals surface area (Å²) in [6.45, 7) is 9.01. The number of amides is 1. The molecule has 2 heterocycles. The fourth-order valence-electron chi connectivity index (χ4n) is 5.33. The van der Waals surface area contributed by atoms with Crippen molar-refractivity contribution in [2.75, 3.05) is 6.54 Å². The second kappa shape index (κ2) is 7.16. The summed E-state index contributed by atoms with van der Waals surface area (Å²) in [5.74, 6) is 0.266. The van der Waals surface area contributed by atoms with Gasteiger partial charge in [0.15, 0.2) is 5.78 Å². The maximum absolute atomic E-state index is 13.2. The van der Waals surface area contributed by atoms with E-state index >= 15 is 0 Å². The van der Waals surface area contributed by atoms with E-state index < -0.39 is 0 Å². The lowest BCUT2D eigenvalue weighted by molar-refractivity contribution is -0.127. The van der Waals surface area contributed by atoms with Crippen LogP contribution in [0.5, 0.6) is 0 Å². The minimum Gasteiger partial charge on any atom is -0.330 e. The van der Waals surface area contributed by atoms with Gasteiger partial charge < -0.3 is 4.90 Å². The van der Waals surface area contributed by atoms with Crippen molar-refractivity contribution < 1.29 is 9.59 Å². The van der Waals surface area contributed by atoms with Crippen LogP contribution in [0.25, 0.3) is 0 Å². The van der Waals surface area contributed by atoms with E-state index in [-0.39, 0.29) is 23.1 Å². The SMILES string of the molecule is CC(C)=CC(=O)N1CCC[C@H]1c1nn(C2CCCC2)c2c1C(=O)CC(C)(C)C2. The first-order valence-electron chi connectivity index (χ1n) is 10.9. The van der Waals surface area contributed by atoms with Crippen LogP contribution in [0, 0.1) is 5.41 Å². The summed E-state index contributed by atoms with van der Waals surface area (Å²) in [4.78, 5) is 27.9. The van der Waals surface area contributed by atoms with Crippen molar-refractivity contribution >= 4 is 11.7 Å². The molecular formula is C23H33N3O2. The summed E-state index contributed by atoms with van der Waals surface area (Å²) in [7, 11) is 0. The van der Waals surface area contributed by atoms with E-state index in [4.69, 9.17) is 5.10 Å². The average Bonchev–Trinajstić information content (AvgIpc) is 3.31. The van der Waals surface area contributed by atoms with Crippen LogP contribution in [0.4, 0.5) is 0 Å². The number of ketones is 1. The Morgan fingerprint density at radius 2 is 1.82 bits per heavy atom. The van der Waals surface area contributed by atoms with Crippen LogP contribution < -0.4 is 0 Å². The molecule has 0 radical (unpaired) electrons. The smallest absolute Gasteiger partial charge is 0.247 e. The number of rotatable bonds is 3. The lowest BCUT2D eigenvalue weighted by Crippen LogP contribution is -2.32. The number of likely N-dealkylation sites (tertiary alicyclic amines) is 1. The lowest BCUT2D eigenvalue weighted by Gasteiger charge is -2.30.